The summed E-state index contributed by atoms with van der Waals surface area (Å²) in [6.45, 7) is 4.45. The van der Waals surface area contributed by atoms with Crippen molar-refractivity contribution in [2.24, 2.45) is 5.73 Å². The number of aromatic nitrogens is 2. The van der Waals surface area contributed by atoms with E-state index in [-0.39, 0.29) is 6.04 Å². The highest BCUT2D eigenvalue weighted by Crippen LogP contribution is 2.18. The number of hydrogen-bond donors (Lipinski definition) is 1. The van der Waals surface area contributed by atoms with E-state index in [1.54, 1.807) is 0 Å². The van der Waals surface area contributed by atoms with Gasteiger partial charge in [0.05, 0.1) is 0 Å². The summed E-state index contributed by atoms with van der Waals surface area (Å²) in [5, 5.41) is 3.88. The number of ether oxygens (including phenoxy) is 1. The lowest BCUT2D eigenvalue weighted by Gasteiger charge is -2.10. The molecule has 0 aliphatic rings. The van der Waals surface area contributed by atoms with Crippen molar-refractivity contribution in [1.29, 1.82) is 0 Å². The first-order valence-electron chi connectivity index (χ1n) is 7.02. The molecule has 5 nitrogen and oxygen atoms in total. The maximum Gasteiger partial charge on any atom is 0.226 e. The molecule has 2 rings (SSSR count). The molecular weight excluding hydrogens is 254 g/mol. The van der Waals surface area contributed by atoms with Gasteiger partial charge >= 0.3 is 0 Å². The van der Waals surface area contributed by atoms with E-state index in [4.69, 9.17) is 15.0 Å². The molecule has 1 unspecified atom stereocenters. The minimum atomic E-state index is 0.0814. The molecule has 2 aromatic rings. The Hall–Kier alpha value is -1.88. The average molecular weight is 275 g/mol. The van der Waals surface area contributed by atoms with Gasteiger partial charge in [-0.25, -0.2) is 0 Å². The highest BCUT2D eigenvalue weighted by molar-refractivity contribution is 5.29. The van der Waals surface area contributed by atoms with Gasteiger partial charge in [-0.3, -0.25) is 0 Å². The van der Waals surface area contributed by atoms with E-state index < -0.39 is 0 Å². The second kappa shape index (κ2) is 7.05. The van der Waals surface area contributed by atoms with Crippen LogP contribution in [0.25, 0.3) is 0 Å². The van der Waals surface area contributed by atoms with E-state index in [0.717, 1.165) is 30.6 Å². The second-order valence-corrected chi connectivity index (χ2v) is 4.73. The van der Waals surface area contributed by atoms with Crippen molar-refractivity contribution in [3.05, 3.63) is 41.5 Å². The van der Waals surface area contributed by atoms with Crippen LogP contribution in [0.3, 0.4) is 0 Å². The van der Waals surface area contributed by atoms with Crippen LogP contribution >= 0.6 is 0 Å². The summed E-state index contributed by atoms with van der Waals surface area (Å²) in [4.78, 5) is 4.25. The SMILES string of the molecule is CCCc1nc(COc2ccc(C(N)CC)cc2)no1. The molecule has 1 aromatic carbocycles. The Kier molecular flexibility index (Phi) is 5.12. The van der Waals surface area contributed by atoms with Gasteiger partial charge in [0.25, 0.3) is 0 Å². The van der Waals surface area contributed by atoms with Gasteiger partial charge in [0.1, 0.15) is 5.75 Å². The van der Waals surface area contributed by atoms with Gasteiger partial charge in [-0.1, -0.05) is 31.1 Å². The standard InChI is InChI=1S/C15H21N3O2/c1-3-5-15-17-14(18-20-15)10-19-12-8-6-11(7-9-12)13(16)4-2/h6-9,13H,3-5,10,16H2,1-2H3. The highest BCUT2D eigenvalue weighted by atomic mass is 16.5. The topological polar surface area (TPSA) is 74.2 Å². The summed E-state index contributed by atoms with van der Waals surface area (Å²) < 4.78 is 10.7. The first-order valence-corrected chi connectivity index (χ1v) is 7.02. The van der Waals surface area contributed by atoms with Crippen LogP contribution in [-0.2, 0) is 13.0 Å². The first-order chi connectivity index (χ1) is 9.72. The Morgan fingerprint density at radius 3 is 2.65 bits per heavy atom. The largest absolute Gasteiger partial charge is 0.485 e. The minimum absolute atomic E-state index is 0.0814. The Bertz CT molecular complexity index is 522. The Morgan fingerprint density at radius 2 is 2.00 bits per heavy atom. The van der Waals surface area contributed by atoms with Crippen LogP contribution in [0, 0.1) is 0 Å². The van der Waals surface area contributed by atoms with Crippen LogP contribution in [0.1, 0.15) is 50.0 Å². The molecule has 0 bridgehead atoms. The molecule has 0 amide bonds. The monoisotopic (exact) mass is 275 g/mol. The number of nitrogens with two attached hydrogens (primary N) is 1. The fourth-order valence-electron chi connectivity index (χ4n) is 1.86. The molecule has 0 aliphatic heterocycles. The third-order valence-electron chi connectivity index (χ3n) is 3.09. The van der Waals surface area contributed by atoms with Crippen LogP contribution in [0.4, 0.5) is 0 Å². The lowest BCUT2D eigenvalue weighted by Crippen LogP contribution is -2.08. The number of hydrogen-bond acceptors (Lipinski definition) is 5. The number of nitrogens with zero attached hydrogens (tertiary/aromatic N) is 2. The fraction of sp³-hybridized carbons (Fsp3) is 0.467. The van der Waals surface area contributed by atoms with E-state index in [1.807, 2.05) is 24.3 Å². The third kappa shape index (κ3) is 3.81. The van der Waals surface area contributed by atoms with Crippen molar-refractivity contribution in [3.63, 3.8) is 0 Å². The summed E-state index contributed by atoms with van der Waals surface area (Å²) in [6.07, 6.45) is 2.71. The summed E-state index contributed by atoms with van der Waals surface area (Å²) in [5.41, 5.74) is 7.08. The quantitative estimate of drug-likeness (QED) is 0.840. The van der Waals surface area contributed by atoms with Crippen LogP contribution in [0.2, 0.25) is 0 Å². The van der Waals surface area contributed by atoms with Gasteiger partial charge in [-0.15, -0.1) is 0 Å². The van der Waals surface area contributed by atoms with Crippen LogP contribution in [0.5, 0.6) is 5.75 Å². The summed E-state index contributed by atoms with van der Waals surface area (Å²) in [7, 11) is 0. The molecule has 1 atom stereocenters. The molecule has 0 radical (unpaired) electrons. The van der Waals surface area contributed by atoms with Crippen molar-refractivity contribution in [3.8, 4) is 5.75 Å². The Balaban J connectivity index is 1.89. The van der Waals surface area contributed by atoms with Gasteiger partial charge in [0, 0.05) is 12.5 Å². The highest BCUT2D eigenvalue weighted by Gasteiger charge is 2.07. The lowest BCUT2D eigenvalue weighted by molar-refractivity contribution is 0.285. The Labute approximate surface area is 119 Å². The summed E-state index contributed by atoms with van der Waals surface area (Å²) in [5.74, 6) is 2.01. The zero-order chi connectivity index (χ0) is 14.4. The second-order valence-electron chi connectivity index (χ2n) is 4.73. The zero-order valence-electron chi connectivity index (χ0n) is 12.0. The number of rotatable bonds is 7. The van der Waals surface area contributed by atoms with E-state index in [9.17, 15) is 0 Å². The van der Waals surface area contributed by atoms with Crippen LogP contribution < -0.4 is 10.5 Å². The fourth-order valence-corrected chi connectivity index (χ4v) is 1.86. The molecule has 0 saturated carbocycles. The van der Waals surface area contributed by atoms with E-state index in [2.05, 4.69) is 24.0 Å². The normalized spacial score (nSPS) is 12.3. The molecule has 1 aromatic heterocycles. The summed E-state index contributed by atoms with van der Waals surface area (Å²) >= 11 is 0. The van der Waals surface area contributed by atoms with Crippen molar-refractivity contribution < 1.29 is 9.26 Å². The van der Waals surface area contributed by atoms with Gasteiger partial charge in [-0.05, 0) is 30.5 Å². The van der Waals surface area contributed by atoms with Gasteiger partial charge < -0.3 is 15.0 Å². The molecule has 0 spiro atoms. The molecule has 0 saturated heterocycles. The van der Waals surface area contributed by atoms with E-state index >= 15 is 0 Å². The van der Waals surface area contributed by atoms with E-state index in [0.29, 0.717) is 18.3 Å². The van der Waals surface area contributed by atoms with E-state index in [1.165, 1.54) is 0 Å². The Morgan fingerprint density at radius 1 is 1.25 bits per heavy atom. The average Bonchev–Trinajstić information content (AvgIpc) is 2.93. The molecule has 0 fully saturated rings. The minimum Gasteiger partial charge on any atom is -0.485 e. The van der Waals surface area contributed by atoms with Crippen molar-refractivity contribution in [2.75, 3.05) is 0 Å². The summed E-state index contributed by atoms with van der Waals surface area (Å²) in [6, 6.07) is 7.89. The number of benzene rings is 1. The number of aryl methyl sites for hydroxylation is 1. The zero-order valence-corrected chi connectivity index (χ0v) is 12.0. The van der Waals surface area contributed by atoms with Crippen molar-refractivity contribution in [2.45, 2.75) is 45.8 Å². The molecule has 108 valence electrons. The van der Waals surface area contributed by atoms with Crippen molar-refractivity contribution in [1.82, 2.24) is 10.1 Å². The smallest absolute Gasteiger partial charge is 0.226 e. The van der Waals surface area contributed by atoms with Crippen LogP contribution in [0.15, 0.2) is 28.8 Å². The lowest BCUT2D eigenvalue weighted by atomic mass is 10.1. The molecule has 0 aliphatic carbocycles. The predicted octanol–water partition coefficient (Wildman–Crippen LogP) is 3.01. The third-order valence-corrected chi connectivity index (χ3v) is 3.09. The molecular formula is C15H21N3O2. The maximum absolute atomic E-state index is 5.97. The van der Waals surface area contributed by atoms with Gasteiger partial charge in [-0.2, -0.15) is 4.98 Å². The molecule has 2 N–H and O–H groups in total. The van der Waals surface area contributed by atoms with Crippen LogP contribution in [-0.4, -0.2) is 10.1 Å². The molecule has 5 heteroatoms. The predicted molar refractivity (Wildman–Crippen MR) is 76.3 cm³/mol. The molecule has 1 heterocycles. The molecule has 20 heavy (non-hydrogen) atoms. The maximum atomic E-state index is 5.97. The van der Waals surface area contributed by atoms with Gasteiger partial charge in [0.15, 0.2) is 6.61 Å². The van der Waals surface area contributed by atoms with Crippen molar-refractivity contribution >= 4 is 0 Å². The first kappa shape index (κ1) is 14.5. The van der Waals surface area contributed by atoms with Gasteiger partial charge in [0.2, 0.25) is 11.7 Å².